The normalized spacial score (nSPS) is 10.0. The van der Waals surface area contributed by atoms with E-state index >= 15 is 0 Å². The van der Waals surface area contributed by atoms with Crippen molar-refractivity contribution in [1.82, 2.24) is 9.97 Å². The van der Waals surface area contributed by atoms with Gasteiger partial charge in [-0.15, -0.1) is 0 Å². The Hall–Kier alpha value is -2.90. The van der Waals surface area contributed by atoms with Gasteiger partial charge in [0.2, 0.25) is 0 Å². The van der Waals surface area contributed by atoms with Crippen LogP contribution in [0.3, 0.4) is 0 Å². The van der Waals surface area contributed by atoms with Crippen LogP contribution < -0.4 is 14.8 Å². The minimum Gasteiger partial charge on any atom is -0.493 e. The van der Waals surface area contributed by atoms with Crippen molar-refractivity contribution in [2.24, 2.45) is 0 Å². The summed E-state index contributed by atoms with van der Waals surface area (Å²) in [4.78, 5) is 18.5. The van der Waals surface area contributed by atoms with Crippen LogP contribution in [0.15, 0.2) is 30.6 Å². The van der Waals surface area contributed by atoms with E-state index in [0.29, 0.717) is 23.0 Å². The molecule has 1 aromatic heterocycles. The largest absolute Gasteiger partial charge is 0.493 e. The fourth-order valence-electron chi connectivity index (χ4n) is 1.60. The molecule has 0 unspecified atom stereocenters. The molecule has 21 heavy (non-hydrogen) atoms. The van der Waals surface area contributed by atoms with Gasteiger partial charge < -0.3 is 14.8 Å². The Balaban J connectivity index is 2.09. The average Bonchev–Trinajstić information content (AvgIpc) is 2.53. The molecule has 1 aromatic carbocycles. The van der Waals surface area contributed by atoms with Gasteiger partial charge in [0.1, 0.15) is 12.4 Å². The summed E-state index contributed by atoms with van der Waals surface area (Å²) >= 11 is 0. The molecule has 2 rings (SSSR count). The highest BCUT2D eigenvalue weighted by Crippen LogP contribution is 2.31. The third-order valence-corrected chi connectivity index (χ3v) is 2.70. The van der Waals surface area contributed by atoms with Crippen LogP contribution in [0.5, 0.6) is 11.5 Å². The Bertz CT molecular complexity index is 631. The highest BCUT2D eigenvalue weighted by Gasteiger charge is 2.12. The van der Waals surface area contributed by atoms with Gasteiger partial charge >= 0.3 is 0 Å². The number of ether oxygens (including phenoxy) is 2. The van der Waals surface area contributed by atoms with Crippen molar-refractivity contribution in [3.8, 4) is 11.5 Å². The van der Waals surface area contributed by atoms with Crippen LogP contribution in [0.2, 0.25) is 0 Å². The molecule has 1 N–H and O–H groups in total. The standard InChI is InChI=1S/C13H14N4O4/c1-14-13-7-15-9(6-16-13)8-21-11-4-3-10(17(18)19)5-12(11)20-2/h3-7H,8H2,1-2H3,(H,14,16). The van der Waals surface area contributed by atoms with Crippen molar-refractivity contribution in [3.63, 3.8) is 0 Å². The SMILES string of the molecule is CNc1cnc(COc2ccc([N+](=O)[O-])cc2OC)cn1. The second-order valence-corrected chi connectivity index (χ2v) is 4.02. The number of hydrogen-bond donors (Lipinski definition) is 1. The van der Waals surface area contributed by atoms with Crippen molar-refractivity contribution in [2.75, 3.05) is 19.5 Å². The number of nitrogens with one attached hydrogen (secondary N) is 1. The molecule has 110 valence electrons. The Kier molecular flexibility index (Phi) is 4.50. The molecule has 0 spiro atoms. The lowest BCUT2D eigenvalue weighted by Gasteiger charge is -2.10. The first-order valence-corrected chi connectivity index (χ1v) is 6.08. The van der Waals surface area contributed by atoms with E-state index in [1.165, 1.54) is 25.3 Å². The van der Waals surface area contributed by atoms with Crippen LogP contribution in [0, 0.1) is 10.1 Å². The molecule has 0 saturated heterocycles. The molecule has 2 aromatic rings. The Morgan fingerprint density at radius 3 is 2.67 bits per heavy atom. The van der Waals surface area contributed by atoms with Gasteiger partial charge in [-0.25, -0.2) is 4.98 Å². The molecular weight excluding hydrogens is 276 g/mol. The maximum atomic E-state index is 10.7. The topological polar surface area (TPSA) is 99.4 Å². The first kappa shape index (κ1) is 14.5. The van der Waals surface area contributed by atoms with Crippen LogP contribution in [-0.2, 0) is 6.61 Å². The van der Waals surface area contributed by atoms with Gasteiger partial charge in [0, 0.05) is 13.1 Å². The summed E-state index contributed by atoms with van der Waals surface area (Å²) in [5.74, 6) is 1.36. The number of rotatable bonds is 6. The van der Waals surface area contributed by atoms with Gasteiger partial charge in [-0.2, -0.15) is 0 Å². The van der Waals surface area contributed by atoms with Crippen LogP contribution in [0.1, 0.15) is 5.69 Å². The fraction of sp³-hybridized carbons (Fsp3) is 0.231. The third kappa shape index (κ3) is 3.56. The fourth-order valence-corrected chi connectivity index (χ4v) is 1.60. The van der Waals surface area contributed by atoms with E-state index < -0.39 is 4.92 Å². The van der Waals surface area contributed by atoms with E-state index in [2.05, 4.69) is 15.3 Å². The second kappa shape index (κ2) is 6.51. The van der Waals surface area contributed by atoms with E-state index in [-0.39, 0.29) is 12.3 Å². The Morgan fingerprint density at radius 2 is 2.10 bits per heavy atom. The number of hydrogen-bond acceptors (Lipinski definition) is 7. The predicted octanol–water partition coefficient (Wildman–Crippen LogP) is 2.01. The molecule has 8 heteroatoms. The Labute approximate surface area is 120 Å². The molecule has 0 saturated carbocycles. The highest BCUT2D eigenvalue weighted by molar-refractivity contribution is 5.48. The molecule has 0 atom stereocenters. The minimum absolute atomic E-state index is 0.0580. The molecule has 0 aliphatic heterocycles. The molecule has 0 aliphatic rings. The lowest BCUT2D eigenvalue weighted by Crippen LogP contribution is -2.02. The van der Waals surface area contributed by atoms with Gasteiger partial charge in [0.15, 0.2) is 11.5 Å². The number of benzene rings is 1. The van der Waals surface area contributed by atoms with Crippen molar-refractivity contribution in [1.29, 1.82) is 0 Å². The second-order valence-electron chi connectivity index (χ2n) is 4.02. The lowest BCUT2D eigenvalue weighted by molar-refractivity contribution is -0.385. The molecule has 0 radical (unpaired) electrons. The van der Waals surface area contributed by atoms with E-state index in [1.807, 2.05) is 0 Å². The zero-order valence-electron chi connectivity index (χ0n) is 11.6. The number of nitro benzene ring substituents is 1. The number of nitro groups is 1. The number of nitrogens with zero attached hydrogens (tertiary/aromatic N) is 3. The van der Waals surface area contributed by atoms with Crippen LogP contribution in [-0.4, -0.2) is 29.0 Å². The van der Waals surface area contributed by atoms with E-state index in [1.54, 1.807) is 19.4 Å². The van der Waals surface area contributed by atoms with Crippen molar-refractivity contribution >= 4 is 11.5 Å². The maximum absolute atomic E-state index is 10.7. The van der Waals surface area contributed by atoms with Crippen molar-refractivity contribution in [3.05, 3.63) is 46.4 Å². The van der Waals surface area contributed by atoms with E-state index in [0.717, 1.165) is 0 Å². The average molecular weight is 290 g/mol. The van der Waals surface area contributed by atoms with Gasteiger partial charge in [-0.05, 0) is 6.07 Å². The molecule has 8 nitrogen and oxygen atoms in total. The summed E-state index contributed by atoms with van der Waals surface area (Å²) in [6.07, 6.45) is 3.18. The summed E-state index contributed by atoms with van der Waals surface area (Å²) in [5.41, 5.74) is 0.576. The number of anilines is 1. The molecule has 0 bridgehead atoms. The summed E-state index contributed by atoms with van der Waals surface area (Å²) in [7, 11) is 3.18. The van der Waals surface area contributed by atoms with E-state index in [9.17, 15) is 10.1 Å². The third-order valence-electron chi connectivity index (χ3n) is 2.70. The molecular formula is C13H14N4O4. The number of non-ortho nitro benzene ring substituents is 1. The van der Waals surface area contributed by atoms with Gasteiger partial charge in [0.05, 0.1) is 36.2 Å². The number of methoxy groups -OCH3 is 1. The van der Waals surface area contributed by atoms with Crippen LogP contribution in [0.25, 0.3) is 0 Å². The van der Waals surface area contributed by atoms with Gasteiger partial charge in [-0.3, -0.25) is 15.1 Å². The molecule has 1 heterocycles. The molecule has 0 fully saturated rings. The summed E-state index contributed by atoms with van der Waals surface area (Å²) < 4.78 is 10.6. The molecule has 0 amide bonds. The molecule has 0 aliphatic carbocycles. The highest BCUT2D eigenvalue weighted by atomic mass is 16.6. The monoisotopic (exact) mass is 290 g/mol. The Morgan fingerprint density at radius 1 is 1.29 bits per heavy atom. The summed E-state index contributed by atoms with van der Waals surface area (Å²) in [6.45, 7) is 0.186. The van der Waals surface area contributed by atoms with E-state index in [4.69, 9.17) is 9.47 Å². The summed E-state index contributed by atoms with van der Waals surface area (Å²) in [6, 6.07) is 4.16. The summed E-state index contributed by atoms with van der Waals surface area (Å²) in [5, 5.41) is 13.6. The lowest BCUT2D eigenvalue weighted by atomic mass is 10.3. The maximum Gasteiger partial charge on any atom is 0.273 e. The number of aromatic nitrogens is 2. The van der Waals surface area contributed by atoms with Gasteiger partial charge in [-0.1, -0.05) is 0 Å². The van der Waals surface area contributed by atoms with Crippen LogP contribution >= 0.6 is 0 Å². The quantitative estimate of drug-likeness (QED) is 0.641. The first-order valence-electron chi connectivity index (χ1n) is 6.08. The van der Waals surface area contributed by atoms with Crippen molar-refractivity contribution in [2.45, 2.75) is 6.61 Å². The first-order chi connectivity index (χ1) is 10.1. The van der Waals surface area contributed by atoms with Gasteiger partial charge in [0.25, 0.3) is 5.69 Å². The minimum atomic E-state index is -0.492. The van der Waals surface area contributed by atoms with Crippen molar-refractivity contribution < 1.29 is 14.4 Å². The smallest absolute Gasteiger partial charge is 0.273 e. The zero-order valence-corrected chi connectivity index (χ0v) is 11.6. The zero-order chi connectivity index (χ0) is 15.2. The van der Waals surface area contributed by atoms with Crippen LogP contribution in [0.4, 0.5) is 11.5 Å². The predicted molar refractivity (Wildman–Crippen MR) is 75.6 cm³/mol.